The Hall–Kier alpha value is -1.17. The van der Waals surface area contributed by atoms with Gasteiger partial charge in [0.1, 0.15) is 26.3 Å². The Labute approximate surface area is 137 Å². The highest BCUT2D eigenvalue weighted by Crippen LogP contribution is 2.16. The molecular weight excluding hydrogens is 302 g/mol. The molecule has 1 aliphatic heterocycles. The van der Waals surface area contributed by atoms with Gasteiger partial charge in [-0.25, -0.2) is 4.57 Å². The number of rotatable bonds is 6. The van der Waals surface area contributed by atoms with Crippen molar-refractivity contribution in [3.63, 3.8) is 0 Å². The second-order valence-electron chi connectivity index (χ2n) is 6.40. The normalized spacial score (nSPS) is 19.7. The first-order valence-corrected chi connectivity index (χ1v) is 8.19. The number of quaternary nitrogens is 1. The van der Waals surface area contributed by atoms with Crippen molar-refractivity contribution in [1.29, 1.82) is 0 Å². The molecule has 1 aromatic heterocycles. The number of piperidine rings is 1. The number of aliphatic hydroxyl groups excluding tert-OH is 1. The predicted molar refractivity (Wildman–Crippen MR) is 86.6 cm³/mol. The average molecular weight is 328 g/mol. The third-order valence-electron chi connectivity index (χ3n) is 4.14. The maximum absolute atomic E-state index is 10.1. The van der Waals surface area contributed by atoms with Crippen LogP contribution in [0.25, 0.3) is 0 Å². The molecule has 1 saturated heterocycles. The second-order valence-corrected chi connectivity index (χ2v) is 6.76. The minimum atomic E-state index is -0.525. The van der Waals surface area contributed by atoms with E-state index in [4.69, 9.17) is 16.4 Å². The van der Waals surface area contributed by atoms with E-state index in [9.17, 15) is 5.11 Å². The Morgan fingerprint density at radius 2 is 2.18 bits per heavy atom. The van der Waals surface area contributed by atoms with Gasteiger partial charge in [0.05, 0.1) is 25.7 Å². The molecule has 1 aliphatic rings. The van der Waals surface area contributed by atoms with Crippen LogP contribution < -0.4 is 4.57 Å². The maximum Gasteiger partial charge on any atom is 0.181 e. The van der Waals surface area contributed by atoms with Crippen LogP contribution in [0.2, 0.25) is 0 Å². The van der Waals surface area contributed by atoms with Crippen molar-refractivity contribution in [2.24, 2.45) is 12.2 Å². The molecule has 0 spiro atoms. The van der Waals surface area contributed by atoms with E-state index in [-0.39, 0.29) is 6.61 Å². The van der Waals surface area contributed by atoms with Gasteiger partial charge in [-0.15, -0.1) is 0 Å². The number of aliphatic hydroxyl groups is 1. The van der Waals surface area contributed by atoms with E-state index in [1.165, 1.54) is 19.3 Å². The Kier molecular flexibility index (Phi) is 6.17. The second kappa shape index (κ2) is 7.90. The number of nitrogens with zero attached hydrogens (tertiary/aromatic N) is 3. The molecule has 0 radical (unpaired) electrons. The van der Waals surface area contributed by atoms with Crippen molar-refractivity contribution in [2.45, 2.75) is 25.4 Å². The quantitative estimate of drug-likeness (QED) is 0.372. The summed E-state index contributed by atoms with van der Waals surface area (Å²) >= 11 is 6.11. The zero-order valence-electron chi connectivity index (χ0n) is 13.4. The van der Waals surface area contributed by atoms with Gasteiger partial charge in [0, 0.05) is 6.07 Å². The lowest BCUT2D eigenvalue weighted by Crippen LogP contribution is -2.52. The van der Waals surface area contributed by atoms with E-state index >= 15 is 0 Å². The van der Waals surface area contributed by atoms with E-state index < -0.39 is 6.10 Å². The Balaban J connectivity index is 1.80. The number of likely N-dealkylation sites (tertiary alicyclic amines) is 1. The van der Waals surface area contributed by atoms with Crippen LogP contribution in [0, 0.1) is 0 Å². The van der Waals surface area contributed by atoms with Gasteiger partial charge < -0.3 is 14.4 Å². The Bertz CT molecular complexity index is 516. The third kappa shape index (κ3) is 5.23. The van der Waals surface area contributed by atoms with Crippen molar-refractivity contribution < 1.29 is 19.0 Å². The van der Waals surface area contributed by atoms with Crippen LogP contribution in [-0.4, -0.2) is 54.2 Å². The first-order valence-electron chi connectivity index (χ1n) is 7.81. The molecular formula is C16H26ClN3O2+2. The number of hydrogen-bond donors (Lipinski definition) is 1. The summed E-state index contributed by atoms with van der Waals surface area (Å²) in [6, 6.07) is 3.76. The first-order chi connectivity index (χ1) is 10.5. The highest BCUT2D eigenvalue weighted by Gasteiger charge is 2.28. The number of halogens is 1. The van der Waals surface area contributed by atoms with Gasteiger partial charge in [0.25, 0.3) is 0 Å². The van der Waals surface area contributed by atoms with Crippen LogP contribution in [-0.2, 0) is 11.9 Å². The van der Waals surface area contributed by atoms with Crippen LogP contribution in [0.4, 0.5) is 0 Å². The fourth-order valence-corrected chi connectivity index (χ4v) is 3.12. The lowest BCUT2D eigenvalue weighted by molar-refractivity contribution is -0.916. The van der Waals surface area contributed by atoms with Gasteiger partial charge in [-0.3, -0.25) is 0 Å². The minimum absolute atomic E-state index is 0.170. The molecule has 0 aromatic carbocycles. The summed E-state index contributed by atoms with van der Waals surface area (Å²) in [4.78, 5) is 5.22. The summed E-state index contributed by atoms with van der Waals surface area (Å²) < 4.78 is 2.81. The highest BCUT2D eigenvalue weighted by atomic mass is 35.5. The summed E-state index contributed by atoms with van der Waals surface area (Å²) in [5, 5.41) is 14.3. The SMILES string of the molecule is C[n+]1cccc(/C(Cl)=N/OCC(O)C[N+]2(C)CCCCC2)c1. The molecule has 1 unspecified atom stereocenters. The Morgan fingerprint density at radius 3 is 2.86 bits per heavy atom. The predicted octanol–water partition coefficient (Wildman–Crippen LogP) is 1.42. The van der Waals surface area contributed by atoms with Crippen LogP contribution in [0.5, 0.6) is 0 Å². The summed E-state index contributed by atoms with van der Waals surface area (Å²) in [5.41, 5.74) is 0.788. The van der Waals surface area contributed by atoms with Crippen LogP contribution in [0.1, 0.15) is 24.8 Å². The van der Waals surface area contributed by atoms with E-state index in [0.29, 0.717) is 11.7 Å². The molecule has 6 heteroatoms. The van der Waals surface area contributed by atoms with Crippen molar-refractivity contribution in [3.05, 3.63) is 30.1 Å². The number of likely N-dealkylation sites (N-methyl/N-ethyl adjacent to an activating group) is 1. The first kappa shape index (κ1) is 17.2. The van der Waals surface area contributed by atoms with Crippen LogP contribution >= 0.6 is 11.6 Å². The highest BCUT2D eigenvalue weighted by molar-refractivity contribution is 6.69. The minimum Gasteiger partial charge on any atom is -0.392 e. The number of pyridine rings is 1. The zero-order chi connectivity index (χ0) is 16.0. The monoisotopic (exact) mass is 327 g/mol. The Morgan fingerprint density at radius 1 is 1.45 bits per heavy atom. The van der Waals surface area contributed by atoms with E-state index in [0.717, 1.165) is 23.1 Å². The molecule has 1 fully saturated rings. The molecule has 0 saturated carbocycles. The van der Waals surface area contributed by atoms with Crippen molar-refractivity contribution in [2.75, 3.05) is 33.3 Å². The number of aryl methyl sites for hydroxylation is 1. The zero-order valence-corrected chi connectivity index (χ0v) is 14.2. The van der Waals surface area contributed by atoms with Gasteiger partial charge in [-0.05, 0) is 25.3 Å². The largest absolute Gasteiger partial charge is 0.392 e. The van der Waals surface area contributed by atoms with E-state index in [2.05, 4.69) is 12.2 Å². The third-order valence-corrected chi connectivity index (χ3v) is 4.42. The molecule has 0 amide bonds. The molecule has 0 aliphatic carbocycles. The van der Waals surface area contributed by atoms with Crippen LogP contribution in [0.3, 0.4) is 0 Å². The lowest BCUT2D eigenvalue weighted by atomic mass is 10.1. The smallest absolute Gasteiger partial charge is 0.181 e. The molecule has 122 valence electrons. The molecule has 0 bridgehead atoms. The molecule has 2 heterocycles. The molecule has 5 nitrogen and oxygen atoms in total. The topological polar surface area (TPSA) is 45.7 Å². The van der Waals surface area contributed by atoms with Crippen LogP contribution in [0.15, 0.2) is 29.7 Å². The molecule has 1 N–H and O–H groups in total. The molecule has 1 atom stereocenters. The summed E-state index contributed by atoms with van der Waals surface area (Å²) in [7, 11) is 4.11. The lowest BCUT2D eigenvalue weighted by Gasteiger charge is -2.38. The van der Waals surface area contributed by atoms with Crippen molar-refractivity contribution in [3.8, 4) is 0 Å². The fourth-order valence-electron chi connectivity index (χ4n) is 2.96. The number of aromatic nitrogens is 1. The van der Waals surface area contributed by atoms with E-state index in [1.54, 1.807) is 0 Å². The van der Waals surface area contributed by atoms with Gasteiger partial charge >= 0.3 is 0 Å². The average Bonchev–Trinajstić information content (AvgIpc) is 2.47. The van der Waals surface area contributed by atoms with Gasteiger partial charge in [0.15, 0.2) is 17.6 Å². The number of hydrogen-bond acceptors (Lipinski definition) is 3. The van der Waals surface area contributed by atoms with Crippen molar-refractivity contribution in [1.82, 2.24) is 0 Å². The molecule has 2 rings (SSSR count). The van der Waals surface area contributed by atoms with Gasteiger partial charge in [-0.1, -0.05) is 16.8 Å². The van der Waals surface area contributed by atoms with E-state index in [1.807, 2.05) is 36.1 Å². The summed E-state index contributed by atoms with van der Waals surface area (Å²) in [5.74, 6) is 0. The number of oxime groups is 1. The fraction of sp³-hybridized carbons (Fsp3) is 0.625. The standard InChI is InChI=1S/C16H26ClN3O2/c1-19-8-6-7-14(11-19)16(17)18-22-13-15(21)12-20(2)9-4-3-5-10-20/h6-8,11,15,21H,3-5,9-10,12-13H2,1-2H3/q+2/b18-16-. The summed E-state index contributed by atoms with van der Waals surface area (Å²) in [6.07, 6.45) is 7.03. The van der Waals surface area contributed by atoms with Gasteiger partial charge in [0.2, 0.25) is 0 Å². The van der Waals surface area contributed by atoms with Gasteiger partial charge in [-0.2, -0.15) is 0 Å². The van der Waals surface area contributed by atoms with Crippen molar-refractivity contribution >= 4 is 16.8 Å². The maximum atomic E-state index is 10.1. The molecule has 22 heavy (non-hydrogen) atoms. The summed E-state index contributed by atoms with van der Waals surface area (Å²) in [6.45, 7) is 3.12. The molecule has 1 aromatic rings.